The standard InChI is InChI=1S/C24H24N2O2/c1-17-14-15-22(18(2)16-17)19(3)25-26-23(27)24(28,20-10-6-4-7-11-20)21-12-8-5-9-13-21/h4-16,28H,1-3H3,(H,26,27)/b25-19+. The van der Waals surface area contributed by atoms with Crippen LogP contribution in [0.5, 0.6) is 0 Å². The minimum absolute atomic E-state index is 0.484. The molecule has 2 N–H and O–H groups in total. The van der Waals surface area contributed by atoms with Gasteiger partial charge in [-0.1, -0.05) is 84.4 Å². The Bertz CT molecular complexity index is 956. The van der Waals surface area contributed by atoms with Gasteiger partial charge in [-0.05, 0) is 37.5 Å². The van der Waals surface area contributed by atoms with Gasteiger partial charge in [0.05, 0.1) is 5.71 Å². The fraction of sp³-hybridized carbons (Fsp3) is 0.167. The summed E-state index contributed by atoms with van der Waals surface area (Å²) in [5.41, 5.74) is 5.56. The average molecular weight is 372 g/mol. The maximum atomic E-state index is 13.1. The molecule has 3 aromatic rings. The van der Waals surface area contributed by atoms with E-state index >= 15 is 0 Å². The molecule has 0 atom stereocenters. The molecule has 0 aliphatic rings. The van der Waals surface area contributed by atoms with E-state index in [1.54, 1.807) is 48.5 Å². The smallest absolute Gasteiger partial charge is 0.281 e. The van der Waals surface area contributed by atoms with Crippen molar-refractivity contribution in [3.63, 3.8) is 0 Å². The Morgan fingerprint density at radius 1 is 0.893 bits per heavy atom. The van der Waals surface area contributed by atoms with Gasteiger partial charge in [0.1, 0.15) is 0 Å². The molecule has 0 aliphatic heterocycles. The van der Waals surface area contributed by atoms with Crippen molar-refractivity contribution in [1.29, 1.82) is 0 Å². The van der Waals surface area contributed by atoms with E-state index in [1.165, 1.54) is 5.56 Å². The first-order chi connectivity index (χ1) is 13.4. The van der Waals surface area contributed by atoms with Crippen LogP contribution in [-0.4, -0.2) is 16.7 Å². The number of hydrogen-bond acceptors (Lipinski definition) is 3. The Hall–Kier alpha value is -3.24. The Balaban J connectivity index is 1.95. The van der Waals surface area contributed by atoms with E-state index in [-0.39, 0.29) is 0 Å². The van der Waals surface area contributed by atoms with E-state index in [4.69, 9.17) is 0 Å². The minimum atomic E-state index is -1.84. The molecule has 0 fully saturated rings. The zero-order chi connectivity index (χ0) is 20.1. The predicted molar refractivity (Wildman–Crippen MR) is 112 cm³/mol. The Morgan fingerprint density at radius 3 is 1.93 bits per heavy atom. The van der Waals surface area contributed by atoms with E-state index < -0.39 is 11.5 Å². The van der Waals surface area contributed by atoms with Gasteiger partial charge in [-0.25, -0.2) is 5.43 Å². The second-order valence-electron chi connectivity index (χ2n) is 6.90. The first-order valence-electron chi connectivity index (χ1n) is 9.18. The molecule has 0 bridgehead atoms. The molecule has 1 amide bonds. The van der Waals surface area contributed by atoms with Crippen LogP contribution in [0.4, 0.5) is 0 Å². The molecular weight excluding hydrogens is 348 g/mol. The Labute approximate surface area is 165 Å². The molecule has 0 saturated heterocycles. The quantitative estimate of drug-likeness (QED) is 0.524. The molecule has 4 heteroatoms. The minimum Gasteiger partial charge on any atom is -0.372 e. The number of aryl methyl sites for hydroxylation is 2. The van der Waals surface area contributed by atoms with E-state index in [1.807, 2.05) is 45.0 Å². The van der Waals surface area contributed by atoms with Crippen LogP contribution in [0.15, 0.2) is 84.0 Å². The van der Waals surface area contributed by atoms with Gasteiger partial charge in [0, 0.05) is 5.56 Å². The van der Waals surface area contributed by atoms with Crippen LogP contribution in [0.2, 0.25) is 0 Å². The van der Waals surface area contributed by atoms with Crippen LogP contribution in [0.1, 0.15) is 34.7 Å². The molecule has 0 spiro atoms. The predicted octanol–water partition coefficient (Wildman–Crippen LogP) is 4.08. The monoisotopic (exact) mass is 372 g/mol. The molecule has 3 rings (SSSR count). The SMILES string of the molecule is C/C(=N\NC(=O)C(O)(c1ccccc1)c1ccccc1)c1ccc(C)cc1C. The number of carbonyl (C=O) groups excluding carboxylic acids is 1. The lowest BCUT2D eigenvalue weighted by atomic mass is 9.85. The maximum absolute atomic E-state index is 13.1. The van der Waals surface area contributed by atoms with Crippen LogP contribution in [-0.2, 0) is 10.4 Å². The summed E-state index contributed by atoms with van der Waals surface area (Å²) in [6.07, 6.45) is 0. The Kier molecular flexibility index (Phi) is 5.71. The normalized spacial score (nSPS) is 11.9. The highest BCUT2D eigenvalue weighted by molar-refractivity contribution is 6.01. The molecule has 142 valence electrons. The van der Waals surface area contributed by atoms with Crippen molar-refractivity contribution in [2.24, 2.45) is 5.10 Å². The van der Waals surface area contributed by atoms with Crippen molar-refractivity contribution in [3.8, 4) is 0 Å². The summed E-state index contributed by atoms with van der Waals surface area (Å²) in [6, 6.07) is 23.8. The molecule has 0 aliphatic carbocycles. The first kappa shape index (κ1) is 19.5. The third-order valence-electron chi connectivity index (χ3n) is 4.81. The Morgan fingerprint density at radius 2 is 1.43 bits per heavy atom. The molecule has 0 saturated carbocycles. The summed E-state index contributed by atoms with van der Waals surface area (Å²) in [5.74, 6) is -0.603. The lowest BCUT2D eigenvalue weighted by molar-refractivity contribution is -0.136. The molecule has 4 nitrogen and oxygen atoms in total. The summed E-state index contributed by atoms with van der Waals surface area (Å²) < 4.78 is 0. The number of aliphatic hydroxyl groups is 1. The third kappa shape index (κ3) is 3.87. The zero-order valence-corrected chi connectivity index (χ0v) is 16.3. The van der Waals surface area contributed by atoms with Crippen LogP contribution in [0.3, 0.4) is 0 Å². The summed E-state index contributed by atoms with van der Waals surface area (Å²) >= 11 is 0. The number of hydrogen-bond donors (Lipinski definition) is 2. The van der Waals surface area contributed by atoms with E-state index in [2.05, 4.69) is 16.6 Å². The van der Waals surface area contributed by atoms with Crippen LogP contribution in [0.25, 0.3) is 0 Å². The van der Waals surface area contributed by atoms with Gasteiger partial charge in [-0.3, -0.25) is 4.79 Å². The highest BCUT2D eigenvalue weighted by Gasteiger charge is 2.39. The summed E-state index contributed by atoms with van der Waals surface area (Å²) in [7, 11) is 0. The van der Waals surface area contributed by atoms with Gasteiger partial charge in [-0.15, -0.1) is 0 Å². The number of amides is 1. The summed E-state index contributed by atoms with van der Waals surface area (Å²) in [5, 5.41) is 15.7. The number of benzene rings is 3. The topological polar surface area (TPSA) is 61.7 Å². The van der Waals surface area contributed by atoms with E-state index in [0.29, 0.717) is 16.8 Å². The van der Waals surface area contributed by atoms with E-state index in [9.17, 15) is 9.90 Å². The molecule has 0 heterocycles. The molecule has 0 unspecified atom stereocenters. The molecular formula is C24H24N2O2. The largest absolute Gasteiger partial charge is 0.372 e. The van der Waals surface area contributed by atoms with Crippen LogP contribution in [0, 0.1) is 13.8 Å². The number of nitrogens with zero attached hydrogens (tertiary/aromatic N) is 1. The van der Waals surface area contributed by atoms with Crippen molar-refractivity contribution in [2.75, 3.05) is 0 Å². The van der Waals surface area contributed by atoms with Crippen molar-refractivity contribution in [1.82, 2.24) is 5.43 Å². The number of rotatable bonds is 5. The van der Waals surface area contributed by atoms with Gasteiger partial charge in [0.2, 0.25) is 0 Å². The summed E-state index contributed by atoms with van der Waals surface area (Å²) in [6.45, 7) is 5.88. The molecule has 3 aromatic carbocycles. The number of hydrazone groups is 1. The number of nitrogens with one attached hydrogen (secondary N) is 1. The first-order valence-corrected chi connectivity index (χ1v) is 9.18. The lowest BCUT2D eigenvalue weighted by Crippen LogP contribution is -2.43. The van der Waals surface area contributed by atoms with Crippen LogP contribution >= 0.6 is 0 Å². The van der Waals surface area contributed by atoms with Crippen molar-refractivity contribution < 1.29 is 9.90 Å². The zero-order valence-electron chi connectivity index (χ0n) is 16.3. The van der Waals surface area contributed by atoms with Gasteiger partial charge >= 0.3 is 0 Å². The van der Waals surface area contributed by atoms with Gasteiger partial charge in [0.15, 0.2) is 5.60 Å². The fourth-order valence-electron chi connectivity index (χ4n) is 3.28. The van der Waals surface area contributed by atoms with Crippen molar-refractivity contribution >= 4 is 11.6 Å². The third-order valence-corrected chi connectivity index (χ3v) is 4.81. The fourth-order valence-corrected chi connectivity index (χ4v) is 3.28. The summed E-state index contributed by atoms with van der Waals surface area (Å²) in [4.78, 5) is 13.1. The molecule has 28 heavy (non-hydrogen) atoms. The average Bonchev–Trinajstić information content (AvgIpc) is 2.72. The second-order valence-corrected chi connectivity index (χ2v) is 6.90. The second kappa shape index (κ2) is 8.19. The highest BCUT2D eigenvalue weighted by atomic mass is 16.3. The van der Waals surface area contributed by atoms with Crippen LogP contribution < -0.4 is 5.43 Å². The van der Waals surface area contributed by atoms with Crippen molar-refractivity contribution in [3.05, 3.63) is 107 Å². The van der Waals surface area contributed by atoms with E-state index in [0.717, 1.165) is 11.1 Å². The number of carbonyl (C=O) groups is 1. The molecule has 0 radical (unpaired) electrons. The maximum Gasteiger partial charge on any atom is 0.281 e. The van der Waals surface area contributed by atoms with Gasteiger partial charge in [0.25, 0.3) is 5.91 Å². The van der Waals surface area contributed by atoms with Crippen molar-refractivity contribution in [2.45, 2.75) is 26.4 Å². The van der Waals surface area contributed by atoms with Gasteiger partial charge in [-0.2, -0.15) is 5.10 Å². The molecule has 0 aromatic heterocycles. The van der Waals surface area contributed by atoms with Gasteiger partial charge < -0.3 is 5.11 Å². The highest BCUT2D eigenvalue weighted by Crippen LogP contribution is 2.29. The lowest BCUT2D eigenvalue weighted by Gasteiger charge is -2.27.